The highest BCUT2D eigenvalue weighted by Gasteiger charge is 2.03. The topological polar surface area (TPSA) is 59.1 Å². The van der Waals surface area contributed by atoms with Crippen molar-refractivity contribution in [1.82, 2.24) is 9.97 Å². The van der Waals surface area contributed by atoms with Crippen LogP contribution in [0.3, 0.4) is 0 Å². The molecule has 0 aliphatic rings. The second kappa shape index (κ2) is 9.09. The van der Waals surface area contributed by atoms with Crippen molar-refractivity contribution in [3.8, 4) is 0 Å². The summed E-state index contributed by atoms with van der Waals surface area (Å²) in [5, 5.41) is 6.37. The van der Waals surface area contributed by atoms with Gasteiger partial charge in [0, 0.05) is 32.5 Å². The number of rotatable bonds is 9. The van der Waals surface area contributed by atoms with E-state index in [0.29, 0.717) is 11.9 Å². The van der Waals surface area contributed by atoms with Crippen LogP contribution < -0.4 is 10.6 Å². The molecule has 1 aromatic heterocycles. The molecule has 0 spiro atoms. The van der Waals surface area contributed by atoms with Crippen molar-refractivity contribution < 1.29 is 4.74 Å². The van der Waals surface area contributed by atoms with Crippen LogP contribution in [0, 0.1) is 5.92 Å². The quantitative estimate of drug-likeness (QED) is 0.681. The van der Waals surface area contributed by atoms with Crippen LogP contribution in [0.1, 0.15) is 27.2 Å². The molecule has 0 unspecified atom stereocenters. The van der Waals surface area contributed by atoms with Gasteiger partial charge in [0.05, 0.1) is 4.47 Å². The number of nitrogens with one attached hydrogen (secondary N) is 2. The van der Waals surface area contributed by atoms with Crippen LogP contribution in [0.2, 0.25) is 0 Å². The Balaban J connectivity index is 2.30. The van der Waals surface area contributed by atoms with E-state index >= 15 is 0 Å². The summed E-state index contributed by atoms with van der Waals surface area (Å²) in [6.45, 7) is 9.56. The zero-order chi connectivity index (χ0) is 14.1. The Morgan fingerprint density at radius 1 is 1.37 bits per heavy atom. The van der Waals surface area contributed by atoms with Gasteiger partial charge in [-0.2, -0.15) is 4.98 Å². The Morgan fingerprint density at radius 2 is 2.16 bits per heavy atom. The Morgan fingerprint density at radius 3 is 2.84 bits per heavy atom. The lowest BCUT2D eigenvalue weighted by molar-refractivity contribution is 0.110. The van der Waals surface area contributed by atoms with Crippen molar-refractivity contribution in [2.24, 2.45) is 5.92 Å². The SMILES string of the molecule is CCNc1ncc(Br)c(NCCCOCC(C)C)n1. The van der Waals surface area contributed by atoms with Crippen LogP contribution >= 0.6 is 15.9 Å². The van der Waals surface area contributed by atoms with E-state index < -0.39 is 0 Å². The molecule has 0 radical (unpaired) electrons. The van der Waals surface area contributed by atoms with Crippen LogP contribution in [0.5, 0.6) is 0 Å². The number of hydrogen-bond donors (Lipinski definition) is 2. The molecule has 0 saturated carbocycles. The summed E-state index contributed by atoms with van der Waals surface area (Å²) in [4.78, 5) is 8.56. The smallest absolute Gasteiger partial charge is 0.224 e. The summed E-state index contributed by atoms with van der Waals surface area (Å²) in [6, 6.07) is 0. The summed E-state index contributed by atoms with van der Waals surface area (Å²) in [7, 11) is 0. The lowest BCUT2D eigenvalue weighted by Crippen LogP contribution is -2.11. The van der Waals surface area contributed by atoms with E-state index in [4.69, 9.17) is 4.74 Å². The third-order valence-corrected chi connectivity index (χ3v) is 2.87. The minimum atomic E-state index is 0.589. The fourth-order valence-electron chi connectivity index (χ4n) is 1.43. The average Bonchev–Trinajstić information content (AvgIpc) is 2.37. The van der Waals surface area contributed by atoms with Gasteiger partial charge in [0.15, 0.2) is 0 Å². The maximum atomic E-state index is 5.53. The van der Waals surface area contributed by atoms with Gasteiger partial charge in [0.1, 0.15) is 5.82 Å². The summed E-state index contributed by atoms with van der Waals surface area (Å²) in [6.07, 6.45) is 2.71. The van der Waals surface area contributed by atoms with E-state index in [1.54, 1.807) is 6.20 Å². The first-order valence-electron chi connectivity index (χ1n) is 6.71. The molecule has 1 aromatic rings. The van der Waals surface area contributed by atoms with Gasteiger partial charge >= 0.3 is 0 Å². The van der Waals surface area contributed by atoms with E-state index in [9.17, 15) is 0 Å². The molecular formula is C13H23BrN4O. The molecule has 0 aliphatic carbocycles. The van der Waals surface area contributed by atoms with Crippen LogP contribution in [-0.4, -0.2) is 36.3 Å². The normalized spacial score (nSPS) is 10.8. The zero-order valence-corrected chi connectivity index (χ0v) is 13.5. The van der Waals surface area contributed by atoms with Crippen LogP contribution in [0.25, 0.3) is 0 Å². The lowest BCUT2D eigenvalue weighted by atomic mass is 10.2. The van der Waals surface area contributed by atoms with Gasteiger partial charge < -0.3 is 15.4 Å². The molecule has 0 fully saturated rings. The van der Waals surface area contributed by atoms with Gasteiger partial charge in [-0.3, -0.25) is 0 Å². The highest BCUT2D eigenvalue weighted by molar-refractivity contribution is 9.10. The first-order valence-corrected chi connectivity index (χ1v) is 7.50. The average molecular weight is 331 g/mol. The number of aromatic nitrogens is 2. The molecule has 6 heteroatoms. The molecule has 0 bridgehead atoms. The van der Waals surface area contributed by atoms with Crippen molar-refractivity contribution >= 4 is 27.7 Å². The summed E-state index contributed by atoms with van der Waals surface area (Å²) < 4.78 is 6.40. The fraction of sp³-hybridized carbons (Fsp3) is 0.692. The first kappa shape index (κ1) is 16.2. The van der Waals surface area contributed by atoms with Crippen LogP contribution in [0.15, 0.2) is 10.7 Å². The van der Waals surface area contributed by atoms with Crippen molar-refractivity contribution in [1.29, 1.82) is 0 Å². The van der Waals surface area contributed by atoms with E-state index in [1.807, 2.05) is 6.92 Å². The number of halogens is 1. The first-order chi connectivity index (χ1) is 9.13. The minimum Gasteiger partial charge on any atom is -0.381 e. The summed E-state index contributed by atoms with van der Waals surface area (Å²) in [5.74, 6) is 2.05. The number of ether oxygens (including phenoxy) is 1. The zero-order valence-electron chi connectivity index (χ0n) is 11.9. The van der Waals surface area contributed by atoms with Gasteiger partial charge in [-0.05, 0) is 35.2 Å². The highest BCUT2D eigenvalue weighted by atomic mass is 79.9. The van der Waals surface area contributed by atoms with Gasteiger partial charge in [0.25, 0.3) is 0 Å². The number of anilines is 2. The third kappa shape index (κ3) is 6.73. The van der Waals surface area contributed by atoms with Gasteiger partial charge in [-0.15, -0.1) is 0 Å². The molecule has 0 aromatic carbocycles. The van der Waals surface area contributed by atoms with E-state index in [-0.39, 0.29) is 0 Å². The summed E-state index contributed by atoms with van der Waals surface area (Å²) in [5.41, 5.74) is 0. The second-order valence-corrected chi connectivity index (χ2v) is 5.52. The van der Waals surface area contributed by atoms with Crippen molar-refractivity contribution in [2.75, 3.05) is 36.9 Å². The van der Waals surface area contributed by atoms with Crippen molar-refractivity contribution in [3.63, 3.8) is 0 Å². The molecule has 2 N–H and O–H groups in total. The fourth-order valence-corrected chi connectivity index (χ4v) is 1.77. The van der Waals surface area contributed by atoms with Gasteiger partial charge in [-0.1, -0.05) is 13.8 Å². The molecule has 5 nitrogen and oxygen atoms in total. The van der Waals surface area contributed by atoms with Crippen LogP contribution in [-0.2, 0) is 4.74 Å². The molecule has 0 saturated heterocycles. The number of hydrogen-bond acceptors (Lipinski definition) is 5. The van der Waals surface area contributed by atoms with E-state index in [2.05, 4.69) is 50.4 Å². The maximum absolute atomic E-state index is 5.53. The Bertz CT molecular complexity index is 374. The molecule has 0 atom stereocenters. The molecule has 0 amide bonds. The minimum absolute atomic E-state index is 0.589. The maximum Gasteiger partial charge on any atom is 0.224 e. The molecule has 0 aliphatic heterocycles. The van der Waals surface area contributed by atoms with Gasteiger partial charge in [-0.25, -0.2) is 4.98 Å². The second-order valence-electron chi connectivity index (χ2n) is 4.67. The van der Waals surface area contributed by atoms with Gasteiger partial charge in [0.2, 0.25) is 5.95 Å². The molecular weight excluding hydrogens is 308 g/mol. The third-order valence-electron chi connectivity index (χ3n) is 2.29. The molecule has 108 valence electrons. The predicted molar refractivity (Wildman–Crippen MR) is 82.7 cm³/mol. The lowest BCUT2D eigenvalue weighted by Gasteiger charge is -2.10. The predicted octanol–water partition coefficient (Wildman–Crippen LogP) is 3.15. The van der Waals surface area contributed by atoms with Crippen molar-refractivity contribution in [2.45, 2.75) is 27.2 Å². The summed E-state index contributed by atoms with van der Waals surface area (Å²) >= 11 is 3.44. The van der Waals surface area contributed by atoms with Crippen LogP contribution in [0.4, 0.5) is 11.8 Å². The van der Waals surface area contributed by atoms with E-state index in [0.717, 1.165) is 43.0 Å². The molecule has 1 heterocycles. The Kier molecular flexibility index (Phi) is 7.74. The number of nitrogens with zero attached hydrogens (tertiary/aromatic N) is 2. The Labute approximate surface area is 123 Å². The largest absolute Gasteiger partial charge is 0.381 e. The molecule has 19 heavy (non-hydrogen) atoms. The molecule has 1 rings (SSSR count). The monoisotopic (exact) mass is 330 g/mol. The highest BCUT2D eigenvalue weighted by Crippen LogP contribution is 2.19. The standard InChI is InChI=1S/C13H23BrN4O/c1-4-15-13-17-8-11(14)12(18-13)16-6-5-7-19-9-10(2)3/h8,10H,4-7,9H2,1-3H3,(H2,15,16,17,18). The van der Waals surface area contributed by atoms with Crippen molar-refractivity contribution in [3.05, 3.63) is 10.7 Å². The van der Waals surface area contributed by atoms with E-state index in [1.165, 1.54) is 0 Å². The Hall–Kier alpha value is -0.880.